The number of carboxylic acids is 1. The zero-order valence-corrected chi connectivity index (χ0v) is 13.0. The van der Waals surface area contributed by atoms with Crippen LogP contribution in [-0.2, 0) is 9.59 Å². The van der Waals surface area contributed by atoms with Crippen LogP contribution in [0.15, 0.2) is 24.3 Å². The number of carboxylic acid groups (broad SMARTS) is 1. The van der Waals surface area contributed by atoms with Crippen LogP contribution < -0.4 is 10.6 Å². The van der Waals surface area contributed by atoms with Crippen molar-refractivity contribution in [2.75, 3.05) is 6.54 Å². The van der Waals surface area contributed by atoms with Crippen molar-refractivity contribution < 1.29 is 19.5 Å². The number of benzene rings is 1. The summed E-state index contributed by atoms with van der Waals surface area (Å²) in [7, 11) is 0. The molecule has 1 atom stereocenters. The van der Waals surface area contributed by atoms with Crippen LogP contribution >= 0.6 is 11.6 Å². The molecular weight excluding hydrogens is 308 g/mol. The van der Waals surface area contributed by atoms with E-state index in [1.165, 1.54) is 0 Å². The Kier molecular flexibility index (Phi) is 7.39. The average molecular weight is 327 g/mol. The van der Waals surface area contributed by atoms with Crippen molar-refractivity contribution in [3.05, 3.63) is 34.9 Å². The molecule has 0 aliphatic carbocycles. The Bertz CT molecular complexity index is 531. The number of halogens is 1. The molecule has 0 aliphatic rings. The summed E-state index contributed by atoms with van der Waals surface area (Å²) in [6.07, 6.45) is 0.917. The Morgan fingerprint density at radius 2 is 1.86 bits per heavy atom. The first-order valence-electron chi connectivity index (χ1n) is 7.00. The van der Waals surface area contributed by atoms with Gasteiger partial charge < -0.3 is 15.7 Å². The summed E-state index contributed by atoms with van der Waals surface area (Å²) in [6, 6.07) is 5.62. The van der Waals surface area contributed by atoms with Gasteiger partial charge in [0.25, 0.3) is 5.91 Å². The van der Waals surface area contributed by atoms with Gasteiger partial charge in [0.2, 0.25) is 5.91 Å². The Balaban J connectivity index is 2.27. The van der Waals surface area contributed by atoms with Crippen LogP contribution in [0, 0.1) is 0 Å². The number of carbonyl (C=O) groups is 3. The number of nitrogens with one attached hydrogen (secondary N) is 2. The molecule has 6 nitrogen and oxygen atoms in total. The van der Waals surface area contributed by atoms with E-state index in [2.05, 4.69) is 10.6 Å². The maximum atomic E-state index is 11.8. The summed E-state index contributed by atoms with van der Waals surface area (Å²) < 4.78 is 0. The highest BCUT2D eigenvalue weighted by Gasteiger charge is 2.16. The molecule has 1 aromatic carbocycles. The molecule has 1 unspecified atom stereocenters. The van der Waals surface area contributed by atoms with Crippen LogP contribution in [0.3, 0.4) is 0 Å². The molecule has 0 aliphatic heterocycles. The highest BCUT2D eigenvalue weighted by Crippen LogP contribution is 2.09. The molecule has 1 aromatic rings. The zero-order valence-electron chi connectivity index (χ0n) is 12.3. The fourth-order valence-corrected chi connectivity index (χ4v) is 1.89. The maximum absolute atomic E-state index is 11.8. The SMILES string of the molecule is CCC(NC(=O)CCCNC(=O)c1ccc(Cl)cc1)C(=O)O. The van der Waals surface area contributed by atoms with Crippen LogP contribution in [0.1, 0.15) is 36.5 Å². The molecule has 0 radical (unpaired) electrons. The normalized spacial score (nSPS) is 11.5. The molecule has 22 heavy (non-hydrogen) atoms. The van der Waals surface area contributed by atoms with Gasteiger partial charge in [0.1, 0.15) is 6.04 Å². The number of amides is 2. The Morgan fingerprint density at radius 3 is 2.41 bits per heavy atom. The molecule has 7 heteroatoms. The lowest BCUT2D eigenvalue weighted by Gasteiger charge is -2.12. The largest absolute Gasteiger partial charge is 0.480 e. The van der Waals surface area contributed by atoms with E-state index in [1.54, 1.807) is 31.2 Å². The van der Waals surface area contributed by atoms with E-state index in [0.717, 1.165) is 0 Å². The van der Waals surface area contributed by atoms with Crippen molar-refractivity contribution in [3.8, 4) is 0 Å². The minimum absolute atomic E-state index is 0.157. The van der Waals surface area contributed by atoms with E-state index in [4.69, 9.17) is 16.7 Å². The molecule has 120 valence electrons. The lowest BCUT2D eigenvalue weighted by Crippen LogP contribution is -2.40. The van der Waals surface area contributed by atoms with Gasteiger partial charge in [-0.15, -0.1) is 0 Å². The molecule has 0 spiro atoms. The summed E-state index contributed by atoms with van der Waals surface area (Å²) in [5, 5.41) is 14.5. The molecule has 0 heterocycles. The van der Waals surface area contributed by atoms with E-state index in [1.807, 2.05) is 0 Å². The van der Waals surface area contributed by atoms with Crippen molar-refractivity contribution in [2.45, 2.75) is 32.2 Å². The zero-order chi connectivity index (χ0) is 16.5. The molecule has 1 rings (SSSR count). The van der Waals surface area contributed by atoms with E-state index in [9.17, 15) is 14.4 Å². The van der Waals surface area contributed by atoms with Gasteiger partial charge in [-0.05, 0) is 37.1 Å². The van der Waals surface area contributed by atoms with Crippen LogP contribution in [0.25, 0.3) is 0 Å². The highest BCUT2D eigenvalue weighted by atomic mass is 35.5. The first kappa shape index (κ1) is 18.0. The van der Waals surface area contributed by atoms with Crippen LogP contribution in [0.2, 0.25) is 5.02 Å². The number of rotatable bonds is 8. The molecule has 3 N–H and O–H groups in total. The third-order valence-electron chi connectivity index (χ3n) is 3.01. The smallest absolute Gasteiger partial charge is 0.326 e. The Hall–Kier alpha value is -2.08. The van der Waals surface area contributed by atoms with Crippen molar-refractivity contribution in [3.63, 3.8) is 0 Å². The lowest BCUT2D eigenvalue weighted by atomic mass is 10.2. The maximum Gasteiger partial charge on any atom is 0.326 e. The van der Waals surface area contributed by atoms with Gasteiger partial charge in [-0.3, -0.25) is 9.59 Å². The summed E-state index contributed by atoms with van der Waals surface area (Å²) in [4.78, 5) is 34.1. The Labute approximate surface area is 133 Å². The van der Waals surface area contributed by atoms with Gasteiger partial charge in [0.15, 0.2) is 0 Å². The second-order valence-electron chi connectivity index (χ2n) is 4.73. The highest BCUT2D eigenvalue weighted by molar-refractivity contribution is 6.30. The summed E-state index contributed by atoms with van der Waals surface area (Å²) in [5.74, 6) is -1.63. The number of aliphatic carboxylic acids is 1. The van der Waals surface area contributed by atoms with Gasteiger partial charge in [-0.2, -0.15) is 0 Å². The van der Waals surface area contributed by atoms with Gasteiger partial charge >= 0.3 is 5.97 Å². The average Bonchev–Trinajstić information content (AvgIpc) is 2.49. The lowest BCUT2D eigenvalue weighted by molar-refractivity contribution is -0.141. The number of hydrogen-bond donors (Lipinski definition) is 3. The van der Waals surface area contributed by atoms with Crippen LogP contribution in [0.5, 0.6) is 0 Å². The van der Waals surface area contributed by atoms with Crippen molar-refractivity contribution in [2.24, 2.45) is 0 Å². The molecular formula is C15H19ClN2O4. The number of hydrogen-bond acceptors (Lipinski definition) is 3. The molecule has 0 saturated carbocycles. The minimum Gasteiger partial charge on any atom is -0.480 e. The summed E-state index contributed by atoms with van der Waals surface area (Å²) >= 11 is 5.74. The predicted octanol–water partition coefficient (Wildman–Crippen LogP) is 1.83. The minimum atomic E-state index is -1.05. The third kappa shape index (κ3) is 6.13. The van der Waals surface area contributed by atoms with Crippen LogP contribution in [0.4, 0.5) is 0 Å². The summed E-state index contributed by atoms with van der Waals surface area (Å²) in [5.41, 5.74) is 0.491. The first-order valence-corrected chi connectivity index (χ1v) is 7.37. The summed E-state index contributed by atoms with van der Waals surface area (Å²) in [6.45, 7) is 2.02. The van der Waals surface area contributed by atoms with Crippen molar-refractivity contribution in [1.29, 1.82) is 0 Å². The van der Waals surface area contributed by atoms with E-state index < -0.39 is 12.0 Å². The predicted molar refractivity (Wildman–Crippen MR) is 82.9 cm³/mol. The topological polar surface area (TPSA) is 95.5 Å². The fourth-order valence-electron chi connectivity index (χ4n) is 1.76. The number of carbonyl (C=O) groups excluding carboxylic acids is 2. The second-order valence-corrected chi connectivity index (χ2v) is 5.17. The molecule has 0 fully saturated rings. The van der Waals surface area contributed by atoms with E-state index in [0.29, 0.717) is 30.0 Å². The quantitative estimate of drug-likeness (QED) is 0.635. The van der Waals surface area contributed by atoms with Gasteiger partial charge in [-0.25, -0.2) is 4.79 Å². The van der Waals surface area contributed by atoms with Gasteiger partial charge in [0.05, 0.1) is 0 Å². The third-order valence-corrected chi connectivity index (χ3v) is 3.27. The standard InChI is InChI=1S/C15H19ClN2O4/c1-2-12(15(21)22)18-13(19)4-3-9-17-14(20)10-5-7-11(16)8-6-10/h5-8,12H,2-4,9H2,1H3,(H,17,20)(H,18,19)(H,21,22). The van der Waals surface area contributed by atoms with E-state index in [-0.39, 0.29) is 18.2 Å². The second kappa shape index (κ2) is 9.04. The fraction of sp³-hybridized carbons (Fsp3) is 0.400. The molecule has 0 bridgehead atoms. The first-order chi connectivity index (χ1) is 10.4. The monoisotopic (exact) mass is 326 g/mol. The van der Waals surface area contributed by atoms with Gasteiger partial charge in [-0.1, -0.05) is 18.5 Å². The van der Waals surface area contributed by atoms with Crippen molar-refractivity contribution >= 4 is 29.4 Å². The molecule has 2 amide bonds. The van der Waals surface area contributed by atoms with Crippen molar-refractivity contribution in [1.82, 2.24) is 10.6 Å². The van der Waals surface area contributed by atoms with E-state index >= 15 is 0 Å². The molecule has 0 saturated heterocycles. The van der Waals surface area contributed by atoms with Crippen LogP contribution in [-0.4, -0.2) is 35.5 Å². The van der Waals surface area contributed by atoms with Gasteiger partial charge in [0, 0.05) is 23.6 Å². The molecule has 0 aromatic heterocycles. The Morgan fingerprint density at radius 1 is 1.23 bits per heavy atom.